The third-order valence-corrected chi connectivity index (χ3v) is 4.17. The summed E-state index contributed by atoms with van der Waals surface area (Å²) in [4.78, 5) is 2.19. The minimum atomic E-state index is -0.678. The van der Waals surface area contributed by atoms with Crippen molar-refractivity contribution in [3.8, 4) is 5.88 Å². The molecule has 0 bridgehead atoms. The number of aliphatic hydroxyl groups excluding tert-OH is 1. The lowest BCUT2D eigenvalue weighted by Crippen LogP contribution is -2.32. The average Bonchev–Trinajstić information content (AvgIpc) is 2.80. The molecule has 0 saturated heterocycles. The average molecular weight is 349 g/mol. The molecule has 138 valence electrons. The summed E-state index contributed by atoms with van der Waals surface area (Å²) in [5, 5.41) is 15.0. The van der Waals surface area contributed by atoms with Gasteiger partial charge < -0.3 is 9.84 Å². The molecular formula is C19H28FN3O2. The molecule has 1 N–H and O–H groups in total. The molecule has 1 unspecified atom stereocenters. The Morgan fingerprint density at radius 3 is 2.44 bits per heavy atom. The highest BCUT2D eigenvalue weighted by Gasteiger charge is 2.20. The van der Waals surface area contributed by atoms with Gasteiger partial charge in [-0.05, 0) is 30.5 Å². The second-order valence-corrected chi connectivity index (χ2v) is 6.85. The molecular weight excluding hydrogens is 321 g/mol. The minimum absolute atomic E-state index is 0.300. The molecule has 1 aromatic carbocycles. The molecule has 0 spiro atoms. The van der Waals surface area contributed by atoms with Crippen molar-refractivity contribution in [3.05, 3.63) is 46.9 Å². The maximum atomic E-state index is 13.1. The van der Waals surface area contributed by atoms with Crippen LogP contribution in [0, 0.1) is 18.7 Å². The second kappa shape index (κ2) is 8.45. The van der Waals surface area contributed by atoms with Crippen molar-refractivity contribution in [3.63, 3.8) is 0 Å². The van der Waals surface area contributed by atoms with Gasteiger partial charge in [0.05, 0.1) is 24.5 Å². The number of hydrogen-bond donors (Lipinski definition) is 1. The summed E-state index contributed by atoms with van der Waals surface area (Å²) in [5.41, 5.74) is 2.66. The van der Waals surface area contributed by atoms with Gasteiger partial charge in [-0.25, -0.2) is 9.07 Å². The number of aryl methyl sites for hydroxylation is 2. The summed E-state index contributed by atoms with van der Waals surface area (Å²) in [6.07, 6.45) is -0.678. The zero-order chi connectivity index (χ0) is 18.6. The minimum Gasteiger partial charge on any atom is -0.481 e. The Morgan fingerprint density at radius 1 is 1.24 bits per heavy atom. The predicted octanol–water partition coefficient (Wildman–Crippen LogP) is 3.07. The highest BCUT2D eigenvalue weighted by atomic mass is 19.1. The molecule has 2 rings (SSSR count). The van der Waals surface area contributed by atoms with Gasteiger partial charge in [0.25, 0.3) is 0 Å². The van der Waals surface area contributed by atoms with Crippen molar-refractivity contribution < 1.29 is 14.2 Å². The largest absolute Gasteiger partial charge is 0.481 e. The van der Waals surface area contributed by atoms with Crippen LogP contribution in [0.5, 0.6) is 5.88 Å². The van der Waals surface area contributed by atoms with E-state index in [2.05, 4.69) is 23.8 Å². The van der Waals surface area contributed by atoms with Crippen molar-refractivity contribution in [2.24, 2.45) is 13.0 Å². The molecule has 0 aliphatic carbocycles. The number of rotatable bonds is 8. The molecule has 0 aliphatic heterocycles. The highest BCUT2D eigenvalue weighted by Crippen LogP contribution is 2.24. The monoisotopic (exact) mass is 349 g/mol. The molecule has 0 amide bonds. The topological polar surface area (TPSA) is 50.5 Å². The van der Waals surface area contributed by atoms with E-state index in [0.29, 0.717) is 24.6 Å². The molecule has 0 radical (unpaired) electrons. The van der Waals surface area contributed by atoms with E-state index in [1.807, 2.05) is 14.0 Å². The van der Waals surface area contributed by atoms with Crippen molar-refractivity contribution >= 4 is 0 Å². The zero-order valence-corrected chi connectivity index (χ0v) is 15.7. The fourth-order valence-corrected chi connectivity index (χ4v) is 3.10. The number of halogens is 1. The van der Waals surface area contributed by atoms with E-state index in [4.69, 9.17) is 4.74 Å². The van der Waals surface area contributed by atoms with Gasteiger partial charge in [0, 0.05) is 26.7 Å². The molecule has 5 nitrogen and oxygen atoms in total. The molecule has 0 saturated carbocycles. The van der Waals surface area contributed by atoms with Gasteiger partial charge in [-0.15, -0.1) is 0 Å². The number of aromatic nitrogens is 2. The summed E-state index contributed by atoms with van der Waals surface area (Å²) >= 11 is 0. The quantitative estimate of drug-likeness (QED) is 0.796. The van der Waals surface area contributed by atoms with Crippen LogP contribution in [0.3, 0.4) is 0 Å². The van der Waals surface area contributed by atoms with Crippen LogP contribution in [-0.4, -0.2) is 40.0 Å². The maximum Gasteiger partial charge on any atom is 0.216 e. The van der Waals surface area contributed by atoms with Crippen molar-refractivity contribution in [1.82, 2.24) is 14.7 Å². The van der Waals surface area contributed by atoms with Crippen molar-refractivity contribution in [2.45, 2.75) is 33.4 Å². The number of ether oxygens (including phenoxy) is 1. The van der Waals surface area contributed by atoms with Crippen LogP contribution < -0.4 is 4.74 Å². The van der Waals surface area contributed by atoms with E-state index >= 15 is 0 Å². The first-order valence-electron chi connectivity index (χ1n) is 8.54. The third-order valence-electron chi connectivity index (χ3n) is 4.17. The fourth-order valence-electron chi connectivity index (χ4n) is 3.10. The Labute approximate surface area is 149 Å². The Kier molecular flexibility index (Phi) is 6.56. The van der Waals surface area contributed by atoms with E-state index in [9.17, 15) is 9.50 Å². The second-order valence-electron chi connectivity index (χ2n) is 6.85. The Balaban J connectivity index is 2.17. The number of nitrogens with zero attached hydrogens (tertiary/aromatic N) is 3. The van der Waals surface area contributed by atoms with Gasteiger partial charge in [0.2, 0.25) is 5.88 Å². The molecule has 0 fully saturated rings. The van der Waals surface area contributed by atoms with E-state index in [1.165, 1.54) is 12.1 Å². The lowest BCUT2D eigenvalue weighted by Gasteiger charge is -2.27. The third kappa shape index (κ3) is 5.03. The van der Waals surface area contributed by atoms with Gasteiger partial charge in [0.1, 0.15) is 5.82 Å². The van der Waals surface area contributed by atoms with Gasteiger partial charge in [-0.2, -0.15) is 5.10 Å². The molecule has 0 aliphatic rings. The highest BCUT2D eigenvalue weighted by molar-refractivity contribution is 5.31. The first kappa shape index (κ1) is 19.4. The molecule has 1 aromatic heterocycles. The van der Waals surface area contributed by atoms with Gasteiger partial charge >= 0.3 is 0 Å². The standard InChI is InChI=1S/C19H28FN3O2/c1-13(2)10-23(11-17-14(3)21-22(4)19(17)25-5)12-18(24)15-6-8-16(20)9-7-15/h6-9,13,18,24H,10-12H2,1-5H3. The van der Waals surface area contributed by atoms with Crippen LogP contribution >= 0.6 is 0 Å². The van der Waals surface area contributed by atoms with E-state index < -0.39 is 6.10 Å². The normalized spacial score (nSPS) is 12.8. The molecule has 2 aromatic rings. The Bertz CT molecular complexity index is 683. The smallest absolute Gasteiger partial charge is 0.216 e. The fraction of sp³-hybridized carbons (Fsp3) is 0.526. The number of benzene rings is 1. The molecule has 1 heterocycles. The summed E-state index contributed by atoms with van der Waals surface area (Å²) in [6, 6.07) is 6.01. The van der Waals surface area contributed by atoms with E-state index in [1.54, 1.807) is 23.9 Å². The van der Waals surface area contributed by atoms with Crippen LogP contribution in [0.15, 0.2) is 24.3 Å². The van der Waals surface area contributed by atoms with Crippen LogP contribution in [0.2, 0.25) is 0 Å². The van der Waals surface area contributed by atoms with Gasteiger partial charge in [-0.1, -0.05) is 26.0 Å². The van der Waals surface area contributed by atoms with Crippen molar-refractivity contribution in [2.75, 3.05) is 20.2 Å². The summed E-state index contributed by atoms with van der Waals surface area (Å²) in [5.74, 6) is 0.886. The lowest BCUT2D eigenvalue weighted by atomic mass is 10.1. The van der Waals surface area contributed by atoms with Gasteiger partial charge in [-0.3, -0.25) is 4.90 Å². The Morgan fingerprint density at radius 2 is 1.88 bits per heavy atom. The van der Waals surface area contributed by atoms with Crippen LogP contribution in [0.4, 0.5) is 4.39 Å². The number of aliphatic hydroxyl groups is 1. The maximum absolute atomic E-state index is 13.1. The summed E-state index contributed by atoms with van der Waals surface area (Å²) in [6.45, 7) is 8.17. The number of hydrogen-bond acceptors (Lipinski definition) is 4. The molecule has 25 heavy (non-hydrogen) atoms. The van der Waals surface area contributed by atoms with E-state index in [-0.39, 0.29) is 5.82 Å². The van der Waals surface area contributed by atoms with Crippen LogP contribution in [-0.2, 0) is 13.6 Å². The SMILES string of the molecule is COc1c(CN(CC(C)C)CC(O)c2ccc(F)cc2)c(C)nn1C. The van der Waals surface area contributed by atoms with Gasteiger partial charge in [0.15, 0.2) is 0 Å². The predicted molar refractivity (Wildman–Crippen MR) is 96.0 cm³/mol. The molecule has 6 heteroatoms. The van der Waals surface area contributed by atoms with Crippen LogP contribution in [0.1, 0.15) is 36.8 Å². The summed E-state index contributed by atoms with van der Waals surface area (Å²) in [7, 11) is 3.50. The number of methoxy groups -OCH3 is 1. The lowest BCUT2D eigenvalue weighted by molar-refractivity contribution is 0.101. The summed E-state index contributed by atoms with van der Waals surface area (Å²) < 4.78 is 20.3. The first-order valence-corrected chi connectivity index (χ1v) is 8.54. The zero-order valence-electron chi connectivity index (χ0n) is 15.7. The molecule has 1 atom stereocenters. The Hall–Kier alpha value is -1.92. The van der Waals surface area contributed by atoms with E-state index in [0.717, 1.165) is 23.7 Å². The van der Waals surface area contributed by atoms with Crippen molar-refractivity contribution in [1.29, 1.82) is 0 Å². The first-order chi connectivity index (χ1) is 11.8. The van der Waals surface area contributed by atoms with Crippen LogP contribution in [0.25, 0.3) is 0 Å².